The number of hydrogen-bond acceptors (Lipinski definition) is 5. The van der Waals surface area contributed by atoms with Gasteiger partial charge in [0.25, 0.3) is 5.56 Å². The molecule has 0 aliphatic heterocycles. The summed E-state index contributed by atoms with van der Waals surface area (Å²) >= 11 is 1.32. The maximum absolute atomic E-state index is 13.3. The lowest BCUT2D eigenvalue weighted by Crippen LogP contribution is -2.24. The fourth-order valence-electron chi connectivity index (χ4n) is 4.25. The molecule has 0 saturated carbocycles. The molecule has 0 spiro atoms. The standard InChI is InChI=1S/C26H19N5O2S/c32-23(20-14-27-21-12-6-4-10-18(20)21)16-34-26-29-28-25-30(15-17-8-2-1-3-9-17)24(33)19-11-5-7-13-22(19)31(25)26/h1-14,27H,15-16H2. The van der Waals surface area contributed by atoms with Crippen LogP contribution in [0.3, 0.4) is 0 Å². The van der Waals surface area contributed by atoms with E-state index >= 15 is 0 Å². The van der Waals surface area contributed by atoms with E-state index in [4.69, 9.17) is 0 Å². The smallest absolute Gasteiger partial charge is 0.263 e. The first-order chi connectivity index (χ1) is 16.7. The van der Waals surface area contributed by atoms with Crippen LogP contribution in [0.4, 0.5) is 0 Å². The zero-order valence-corrected chi connectivity index (χ0v) is 18.8. The zero-order chi connectivity index (χ0) is 23.1. The molecule has 0 atom stereocenters. The lowest BCUT2D eigenvalue weighted by molar-refractivity contribution is 0.102. The molecule has 1 N–H and O–H groups in total. The van der Waals surface area contributed by atoms with E-state index in [2.05, 4.69) is 15.2 Å². The third-order valence-corrected chi connectivity index (χ3v) is 6.81. The monoisotopic (exact) mass is 465 g/mol. The van der Waals surface area contributed by atoms with Crippen molar-refractivity contribution < 1.29 is 4.79 Å². The highest BCUT2D eigenvalue weighted by Gasteiger charge is 2.19. The van der Waals surface area contributed by atoms with Crippen LogP contribution in [-0.2, 0) is 6.54 Å². The van der Waals surface area contributed by atoms with Crippen LogP contribution in [-0.4, -0.2) is 35.7 Å². The van der Waals surface area contributed by atoms with Gasteiger partial charge in [0.2, 0.25) is 5.78 Å². The second kappa shape index (κ2) is 8.31. The zero-order valence-electron chi connectivity index (χ0n) is 18.0. The fourth-order valence-corrected chi connectivity index (χ4v) is 5.07. The van der Waals surface area contributed by atoms with Crippen molar-refractivity contribution >= 4 is 45.1 Å². The molecule has 0 unspecified atom stereocenters. The van der Waals surface area contributed by atoms with Gasteiger partial charge >= 0.3 is 0 Å². The van der Waals surface area contributed by atoms with E-state index in [1.165, 1.54) is 11.8 Å². The highest BCUT2D eigenvalue weighted by molar-refractivity contribution is 7.99. The van der Waals surface area contributed by atoms with Gasteiger partial charge in [-0.2, -0.15) is 0 Å². The number of nitrogens with one attached hydrogen (secondary N) is 1. The van der Waals surface area contributed by atoms with Crippen LogP contribution >= 0.6 is 11.8 Å². The van der Waals surface area contributed by atoms with Gasteiger partial charge in [-0.15, -0.1) is 10.2 Å². The molecule has 3 aromatic heterocycles. The van der Waals surface area contributed by atoms with Crippen molar-refractivity contribution in [2.45, 2.75) is 11.7 Å². The van der Waals surface area contributed by atoms with Gasteiger partial charge in [-0.1, -0.05) is 72.4 Å². The molecule has 8 heteroatoms. The van der Waals surface area contributed by atoms with Crippen molar-refractivity contribution in [3.05, 3.63) is 107 Å². The minimum absolute atomic E-state index is 0.00103. The molecule has 3 heterocycles. The number of nitrogens with zero attached hydrogens (tertiary/aromatic N) is 4. The van der Waals surface area contributed by atoms with Gasteiger partial charge < -0.3 is 4.98 Å². The van der Waals surface area contributed by atoms with Crippen LogP contribution in [0.5, 0.6) is 0 Å². The number of carbonyl (C=O) groups is 1. The minimum Gasteiger partial charge on any atom is -0.360 e. The number of aromatic nitrogens is 5. The minimum atomic E-state index is -0.120. The topological polar surface area (TPSA) is 85.0 Å². The van der Waals surface area contributed by atoms with Crippen LogP contribution < -0.4 is 5.56 Å². The van der Waals surface area contributed by atoms with Crippen molar-refractivity contribution in [2.24, 2.45) is 0 Å². The molecule has 6 rings (SSSR count). The Morgan fingerprint density at radius 3 is 2.47 bits per heavy atom. The Morgan fingerprint density at radius 2 is 1.62 bits per heavy atom. The predicted octanol–water partition coefficient (Wildman–Crippen LogP) is 4.55. The first kappa shape index (κ1) is 20.4. The van der Waals surface area contributed by atoms with Gasteiger partial charge in [0, 0.05) is 22.7 Å². The molecule has 0 amide bonds. The molecule has 34 heavy (non-hydrogen) atoms. The third-order valence-electron chi connectivity index (χ3n) is 5.88. The van der Waals surface area contributed by atoms with Gasteiger partial charge in [0.15, 0.2) is 10.9 Å². The number of H-pyrrole nitrogens is 1. The Hall–Kier alpha value is -4.17. The van der Waals surface area contributed by atoms with Crippen LogP contribution in [0.15, 0.2) is 95.0 Å². The Balaban J connectivity index is 1.41. The Kier molecular flexibility index (Phi) is 5.00. The molecule has 166 valence electrons. The van der Waals surface area contributed by atoms with Crippen molar-refractivity contribution in [1.29, 1.82) is 0 Å². The molecule has 3 aromatic carbocycles. The molecule has 0 aliphatic carbocycles. The fraction of sp³-hybridized carbons (Fsp3) is 0.0769. The van der Waals surface area contributed by atoms with Gasteiger partial charge in [0.1, 0.15) is 0 Å². The number of fused-ring (bicyclic) bond motifs is 4. The SMILES string of the molecule is O=C(CSc1nnc2n(Cc3ccccc3)c(=O)c3ccccc3n12)c1c[nH]c2ccccc12. The summed E-state index contributed by atoms with van der Waals surface area (Å²) in [6, 6.07) is 24.9. The first-order valence-corrected chi connectivity index (χ1v) is 11.8. The number of Topliss-reactive ketones (excluding diaryl/α,β-unsaturated/α-hetero) is 1. The van der Waals surface area contributed by atoms with Crippen molar-refractivity contribution in [1.82, 2.24) is 24.1 Å². The highest BCUT2D eigenvalue weighted by Crippen LogP contribution is 2.25. The summed E-state index contributed by atoms with van der Waals surface area (Å²) in [4.78, 5) is 29.5. The largest absolute Gasteiger partial charge is 0.360 e. The van der Waals surface area contributed by atoms with E-state index in [1.807, 2.05) is 83.3 Å². The van der Waals surface area contributed by atoms with E-state index in [0.717, 1.165) is 22.0 Å². The summed E-state index contributed by atoms with van der Waals surface area (Å²) in [7, 11) is 0. The number of para-hydroxylation sites is 2. The van der Waals surface area contributed by atoms with Crippen molar-refractivity contribution in [2.75, 3.05) is 5.75 Å². The average molecular weight is 466 g/mol. The number of aromatic amines is 1. The van der Waals surface area contributed by atoms with Crippen LogP contribution in [0.25, 0.3) is 27.6 Å². The van der Waals surface area contributed by atoms with E-state index in [-0.39, 0.29) is 17.1 Å². The summed E-state index contributed by atoms with van der Waals surface area (Å²) in [6.45, 7) is 0.380. The summed E-state index contributed by atoms with van der Waals surface area (Å²) in [6.07, 6.45) is 1.75. The van der Waals surface area contributed by atoms with Crippen LogP contribution in [0.2, 0.25) is 0 Å². The van der Waals surface area contributed by atoms with E-state index in [9.17, 15) is 9.59 Å². The molecule has 0 radical (unpaired) electrons. The maximum atomic E-state index is 13.3. The highest BCUT2D eigenvalue weighted by atomic mass is 32.2. The molecule has 0 bridgehead atoms. The molecule has 0 aliphatic rings. The van der Waals surface area contributed by atoms with E-state index in [1.54, 1.807) is 10.8 Å². The second-order valence-corrected chi connectivity index (χ2v) is 8.91. The Morgan fingerprint density at radius 1 is 0.882 bits per heavy atom. The van der Waals surface area contributed by atoms with Gasteiger partial charge in [-0.25, -0.2) is 0 Å². The van der Waals surface area contributed by atoms with Gasteiger partial charge in [0.05, 0.1) is 23.2 Å². The number of rotatable bonds is 6. The first-order valence-electron chi connectivity index (χ1n) is 10.8. The Labute approximate surface area is 198 Å². The second-order valence-electron chi connectivity index (χ2n) is 7.97. The Bertz CT molecular complexity index is 1730. The molecule has 7 nitrogen and oxygen atoms in total. The normalized spacial score (nSPS) is 11.5. The quantitative estimate of drug-likeness (QED) is 0.288. The van der Waals surface area contributed by atoms with Crippen LogP contribution in [0.1, 0.15) is 15.9 Å². The summed E-state index contributed by atoms with van der Waals surface area (Å²) < 4.78 is 3.50. The summed E-state index contributed by atoms with van der Waals surface area (Å²) in [5.41, 5.74) is 3.18. The summed E-state index contributed by atoms with van der Waals surface area (Å²) in [5, 5.41) is 10.8. The maximum Gasteiger partial charge on any atom is 0.263 e. The molecule has 0 fully saturated rings. The lowest BCUT2D eigenvalue weighted by Gasteiger charge is -2.11. The van der Waals surface area contributed by atoms with Crippen molar-refractivity contribution in [3.8, 4) is 0 Å². The molecule has 0 saturated heterocycles. The van der Waals surface area contributed by atoms with E-state index < -0.39 is 0 Å². The number of hydrogen-bond donors (Lipinski definition) is 1. The molecular formula is C26H19N5O2S. The number of carbonyl (C=O) groups excluding carboxylic acids is 1. The van der Waals surface area contributed by atoms with Gasteiger partial charge in [-0.3, -0.25) is 18.6 Å². The lowest BCUT2D eigenvalue weighted by atomic mass is 10.1. The number of benzene rings is 3. The summed E-state index contributed by atoms with van der Waals surface area (Å²) in [5.74, 6) is 0.658. The number of thioether (sulfide) groups is 1. The molecular weight excluding hydrogens is 446 g/mol. The van der Waals surface area contributed by atoms with Crippen molar-refractivity contribution in [3.63, 3.8) is 0 Å². The third kappa shape index (κ3) is 3.39. The number of ketones is 1. The van der Waals surface area contributed by atoms with Gasteiger partial charge in [-0.05, 0) is 23.8 Å². The van der Waals surface area contributed by atoms with E-state index in [0.29, 0.717) is 28.4 Å². The molecule has 6 aromatic rings. The average Bonchev–Trinajstić information content (AvgIpc) is 3.50. The predicted molar refractivity (Wildman–Crippen MR) is 134 cm³/mol. The van der Waals surface area contributed by atoms with Crippen LogP contribution in [0, 0.1) is 0 Å².